The number of carbonyl (C=O) groups excluding carboxylic acids is 1. The molecule has 0 bridgehead atoms. The maximum absolute atomic E-state index is 10.8. The number of carbonyl (C=O) groups is 1. The van der Waals surface area contributed by atoms with Gasteiger partial charge in [-0.05, 0) is 19.9 Å². The molecule has 4 heteroatoms. The molecule has 1 amide bonds. The van der Waals surface area contributed by atoms with Crippen LogP contribution in [0, 0.1) is 0 Å². The van der Waals surface area contributed by atoms with Crippen LogP contribution >= 0.6 is 0 Å². The van der Waals surface area contributed by atoms with Gasteiger partial charge >= 0.3 is 0 Å². The van der Waals surface area contributed by atoms with E-state index >= 15 is 0 Å². The molecule has 0 saturated heterocycles. The van der Waals surface area contributed by atoms with Crippen LogP contribution in [0.1, 0.15) is 20.3 Å². The first-order chi connectivity index (χ1) is 6.74. The summed E-state index contributed by atoms with van der Waals surface area (Å²) in [6.45, 7) is 8.94. The Hall–Kier alpha value is -0.870. The topological polar surface area (TPSA) is 47.6 Å². The van der Waals surface area contributed by atoms with Crippen LogP contribution in [0.5, 0.6) is 0 Å². The number of nitrogens with one attached hydrogen (secondary N) is 1. The summed E-state index contributed by atoms with van der Waals surface area (Å²) in [5.74, 6) is -0.170. The van der Waals surface area contributed by atoms with Gasteiger partial charge in [0.1, 0.15) is 0 Å². The Balaban J connectivity index is 3.58. The van der Waals surface area contributed by atoms with E-state index in [0.29, 0.717) is 26.2 Å². The van der Waals surface area contributed by atoms with Crippen molar-refractivity contribution in [1.82, 2.24) is 5.32 Å². The number of rotatable bonds is 8. The molecule has 0 saturated carbocycles. The van der Waals surface area contributed by atoms with E-state index in [1.807, 2.05) is 13.8 Å². The van der Waals surface area contributed by atoms with Crippen LogP contribution in [0.2, 0.25) is 0 Å². The minimum absolute atomic E-state index is 0.170. The second-order valence-electron chi connectivity index (χ2n) is 2.62. The van der Waals surface area contributed by atoms with Gasteiger partial charge in [0.2, 0.25) is 5.91 Å². The largest absolute Gasteiger partial charge is 0.353 e. The first kappa shape index (κ1) is 13.1. The molecular weight excluding hydrogens is 182 g/mol. The Kier molecular flexibility index (Phi) is 8.17. The van der Waals surface area contributed by atoms with Crippen LogP contribution in [0.4, 0.5) is 0 Å². The van der Waals surface area contributed by atoms with Gasteiger partial charge in [0, 0.05) is 26.2 Å². The van der Waals surface area contributed by atoms with E-state index in [2.05, 4.69) is 11.9 Å². The van der Waals surface area contributed by atoms with Crippen molar-refractivity contribution in [2.24, 2.45) is 0 Å². The molecule has 0 spiro atoms. The molecule has 14 heavy (non-hydrogen) atoms. The molecule has 0 rings (SSSR count). The van der Waals surface area contributed by atoms with Gasteiger partial charge in [-0.2, -0.15) is 0 Å². The summed E-state index contributed by atoms with van der Waals surface area (Å²) >= 11 is 0. The predicted molar refractivity (Wildman–Crippen MR) is 54.9 cm³/mol. The second-order valence-corrected chi connectivity index (χ2v) is 2.62. The molecule has 0 aromatic rings. The smallest absolute Gasteiger partial charge is 0.243 e. The van der Waals surface area contributed by atoms with Crippen molar-refractivity contribution in [1.29, 1.82) is 0 Å². The fourth-order valence-corrected chi connectivity index (χ4v) is 0.972. The van der Waals surface area contributed by atoms with E-state index in [9.17, 15) is 4.79 Å². The lowest BCUT2D eigenvalue weighted by Gasteiger charge is -2.16. The third-order valence-corrected chi connectivity index (χ3v) is 1.57. The molecule has 0 aliphatic heterocycles. The van der Waals surface area contributed by atoms with E-state index in [-0.39, 0.29) is 12.2 Å². The molecule has 0 fully saturated rings. The highest BCUT2D eigenvalue weighted by atomic mass is 16.7. The van der Waals surface area contributed by atoms with Gasteiger partial charge in [-0.15, -0.1) is 0 Å². The zero-order valence-corrected chi connectivity index (χ0v) is 8.91. The van der Waals surface area contributed by atoms with Crippen molar-refractivity contribution in [3.63, 3.8) is 0 Å². The normalized spacial score (nSPS) is 10.2. The van der Waals surface area contributed by atoms with Gasteiger partial charge in [-0.25, -0.2) is 0 Å². The van der Waals surface area contributed by atoms with E-state index in [1.165, 1.54) is 6.08 Å². The molecule has 0 atom stereocenters. The van der Waals surface area contributed by atoms with Gasteiger partial charge in [-0.3, -0.25) is 4.79 Å². The Morgan fingerprint density at radius 3 is 2.43 bits per heavy atom. The van der Waals surface area contributed by atoms with Gasteiger partial charge < -0.3 is 14.8 Å². The SMILES string of the molecule is C=CC(=O)NCCC(OCC)OCC. The van der Waals surface area contributed by atoms with E-state index in [4.69, 9.17) is 9.47 Å². The van der Waals surface area contributed by atoms with Crippen LogP contribution in [0.15, 0.2) is 12.7 Å². The number of hydrogen-bond donors (Lipinski definition) is 1. The average molecular weight is 201 g/mol. The molecule has 0 aliphatic rings. The average Bonchev–Trinajstić information content (AvgIpc) is 2.18. The van der Waals surface area contributed by atoms with E-state index in [1.54, 1.807) is 0 Å². The summed E-state index contributed by atoms with van der Waals surface area (Å²) in [6.07, 6.45) is 1.67. The van der Waals surface area contributed by atoms with Crippen LogP contribution in [-0.2, 0) is 14.3 Å². The fourth-order valence-electron chi connectivity index (χ4n) is 0.972. The number of amides is 1. The number of ether oxygens (including phenoxy) is 2. The predicted octanol–water partition coefficient (Wildman–Crippen LogP) is 1.08. The molecule has 0 unspecified atom stereocenters. The first-order valence-electron chi connectivity index (χ1n) is 4.88. The third kappa shape index (κ3) is 6.62. The summed E-state index contributed by atoms with van der Waals surface area (Å²) in [5, 5.41) is 2.66. The first-order valence-corrected chi connectivity index (χ1v) is 4.88. The molecule has 0 aliphatic carbocycles. The second kappa shape index (κ2) is 8.72. The van der Waals surface area contributed by atoms with E-state index < -0.39 is 0 Å². The lowest BCUT2D eigenvalue weighted by atomic mass is 10.4. The van der Waals surface area contributed by atoms with E-state index in [0.717, 1.165) is 0 Å². The van der Waals surface area contributed by atoms with Crippen molar-refractivity contribution in [2.75, 3.05) is 19.8 Å². The molecule has 0 radical (unpaired) electrons. The molecule has 1 N–H and O–H groups in total. The molecule has 4 nitrogen and oxygen atoms in total. The lowest BCUT2D eigenvalue weighted by Crippen LogP contribution is -2.27. The van der Waals surface area contributed by atoms with Gasteiger partial charge in [-0.1, -0.05) is 6.58 Å². The van der Waals surface area contributed by atoms with Crippen molar-refractivity contribution in [3.05, 3.63) is 12.7 Å². The van der Waals surface area contributed by atoms with Crippen LogP contribution in [0.3, 0.4) is 0 Å². The third-order valence-electron chi connectivity index (χ3n) is 1.57. The van der Waals surface area contributed by atoms with Crippen molar-refractivity contribution < 1.29 is 14.3 Å². The zero-order valence-electron chi connectivity index (χ0n) is 8.91. The van der Waals surface area contributed by atoms with Gasteiger partial charge in [0.05, 0.1) is 0 Å². The quantitative estimate of drug-likeness (QED) is 0.472. The zero-order chi connectivity index (χ0) is 10.8. The Labute approximate surface area is 85.3 Å². The summed E-state index contributed by atoms with van der Waals surface area (Å²) < 4.78 is 10.6. The van der Waals surface area contributed by atoms with Crippen LogP contribution in [0.25, 0.3) is 0 Å². The molecule has 0 aromatic carbocycles. The van der Waals surface area contributed by atoms with Crippen molar-refractivity contribution >= 4 is 5.91 Å². The molecule has 0 aromatic heterocycles. The molecule has 82 valence electrons. The van der Waals surface area contributed by atoms with Crippen molar-refractivity contribution in [3.8, 4) is 0 Å². The Morgan fingerprint density at radius 2 is 2.00 bits per heavy atom. The van der Waals surface area contributed by atoms with Gasteiger partial charge in [0.15, 0.2) is 6.29 Å². The summed E-state index contributed by atoms with van der Waals surface area (Å²) in [7, 11) is 0. The Bertz CT molecular complexity index is 165. The lowest BCUT2D eigenvalue weighted by molar-refractivity contribution is -0.139. The number of hydrogen-bond acceptors (Lipinski definition) is 3. The van der Waals surface area contributed by atoms with Crippen LogP contribution in [-0.4, -0.2) is 32.0 Å². The fraction of sp³-hybridized carbons (Fsp3) is 0.700. The summed E-state index contributed by atoms with van der Waals surface area (Å²) in [4.78, 5) is 10.8. The summed E-state index contributed by atoms with van der Waals surface area (Å²) in [6, 6.07) is 0. The minimum Gasteiger partial charge on any atom is -0.353 e. The highest BCUT2D eigenvalue weighted by molar-refractivity contribution is 5.86. The minimum atomic E-state index is -0.227. The highest BCUT2D eigenvalue weighted by Gasteiger charge is 2.07. The molecular formula is C10H19NO3. The van der Waals surface area contributed by atoms with Gasteiger partial charge in [0.25, 0.3) is 0 Å². The standard InChI is InChI=1S/C10H19NO3/c1-4-9(12)11-8-7-10(13-5-2)14-6-3/h4,10H,1,5-8H2,2-3H3,(H,11,12). The Morgan fingerprint density at radius 1 is 1.43 bits per heavy atom. The highest BCUT2D eigenvalue weighted by Crippen LogP contribution is 1.99. The summed E-state index contributed by atoms with van der Waals surface area (Å²) in [5.41, 5.74) is 0. The van der Waals surface area contributed by atoms with Crippen molar-refractivity contribution in [2.45, 2.75) is 26.6 Å². The molecule has 0 heterocycles. The maximum Gasteiger partial charge on any atom is 0.243 e. The monoisotopic (exact) mass is 201 g/mol. The maximum atomic E-state index is 10.8. The van der Waals surface area contributed by atoms with Crippen LogP contribution < -0.4 is 5.32 Å².